The van der Waals surface area contributed by atoms with Gasteiger partial charge in [0.25, 0.3) is 10.0 Å². The highest BCUT2D eigenvalue weighted by atomic mass is 32.2. The molecule has 0 saturated heterocycles. The minimum absolute atomic E-state index is 0.0785. The van der Waals surface area contributed by atoms with Crippen molar-refractivity contribution in [1.29, 1.82) is 0 Å². The van der Waals surface area contributed by atoms with Crippen LogP contribution in [0.25, 0.3) is 0 Å². The Morgan fingerprint density at radius 1 is 1.03 bits per heavy atom. The third kappa shape index (κ3) is 5.73. The van der Waals surface area contributed by atoms with Crippen molar-refractivity contribution in [2.45, 2.75) is 37.0 Å². The molecule has 1 aliphatic carbocycles. The largest absolute Gasteiger partial charge is 0.376 e. The molecular formula is C22H29N3O3S. The van der Waals surface area contributed by atoms with E-state index < -0.39 is 10.0 Å². The number of nitrogens with one attached hydrogen (secondary N) is 2. The zero-order chi connectivity index (χ0) is 20.7. The number of carbonyl (C=O) groups excluding carboxylic acids is 1. The summed E-state index contributed by atoms with van der Waals surface area (Å²) >= 11 is 0. The molecule has 3 rings (SSSR count). The summed E-state index contributed by atoms with van der Waals surface area (Å²) in [5, 5.41) is 6.01. The van der Waals surface area contributed by atoms with Crippen LogP contribution >= 0.6 is 0 Å². The van der Waals surface area contributed by atoms with Gasteiger partial charge in [-0.05, 0) is 49.1 Å². The van der Waals surface area contributed by atoms with E-state index in [1.54, 1.807) is 48.5 Å². The molecule has 156 valence electrons. The SMILES string of the molecule is CN(c1ccccc1)S(=O)(=O)c1cccc(NCC(=O)NCC2CCCCC2)c1. The predicted octanol–water partition coefficient (Wildman–Crippen LogP) is 3.62. The quantitative estimate of drug-likeness (QED) is 0.690. The molecule has 0 spiro atoms. The van der Waals surface area contributed by atoms with E-state index in [1.807, 2.05) is 6.07 Å². The maximum atomic E-state index is 12.9. The van der Waals surface area contributed by atoms with Crippen molar-refractivity contribution in [3.8, 4) is 0 Å². The van der Waals surface area contributed by atoms with Gasteiger partial charge in [-0.2, -0.15) is 0 Å². The first-order valence-corrected chi connectivity index (χ1v) is 11.6. The highest BCUT2D eigenvalue weighted by Gasteiger charge is 2.21. The summed E-state index contributed by atoms with van der Waals surface area (Å²) in [6.07, 6.45) is 6.16. The number of sulfonamides is 1. The van der Waals surface area contributed by atoms with Crippen molar-refractivity contribution in [1.82, 2.24) is 5.32 Å². The zero-order valence-electron chi connectivity index (χ0n) is 16.8. The van der Waals surface area contributed by atoms with E-state index in [-0.39, 0.29) is 17.3 Å². The van der Waals surface area contributed by atoms with Crippen LogP contribution < -0.4 is 14.9 Å². The minimum atomic E-state index is -3.69. The monoisotopic (exact) mass is 415 g/mol. The molecule has 0 atom stereocenters. The second-order valence-corrected chi connectivity index (χ2v) is 9.47. The number of amides is 1. The number of anilines is 2. The van der Waals surface area contributed by atoms with Crippen LogP contribution in [-0.4, -0.2) is 34.5 Å². The number of carbonyl (C=O) groups is 1. The second-order valence-electron chi connectivity index (χ2n) is 7.50. The van der Waals surface area contributed by atoms with Gasteiger partial charge in [0.2, 0.25) is 5.91 Å². The van der Waals surface area contributed by atoms with E-state index in [9.17, 15) is 13.2 Å². The smallest absolute Gasteiger partial charge is 0.264 e. The Bertz CT molecular complexity index is 910. The Hall–Kier alpha value is -2.54. The van der Waals surface area contributed by atoms with E-state index in [1.165, 1.54) is 43.5 Å². The normalized spacial score (nSPS) is 14.9. The molecule has 1 fully saturated rings. The highest BCUT2D eigenvalue weighted by Crippen LogP contribution is 2.24. The van der Waals surface area contributed by atoms with Crippen LogP contribution in [0.4, 0.5) is 11.4 Å². The molecule has 7 heteroatoms. The van der Waals surface area contributed by atoms with E-state index in [0.29, 0.717) is 17.3 Å². The van der Waals surface area contributed by atoms with Crippen molar-refractivity contribution in [2.75, 3.05) is 29.8 Å². The number of para-hydroxylation sites is 1. The number of hydrogen-bond donors (Lipinski definition) is 2. The summed E-state index contributed by atoms with van der Waals surface area (Å²) in [5.74, 6) is 0.500. The fourth-order valence-electron chi connectivity index (χ4n) is 3.60. The first-order valence-electron chi connectivity index (χ1n) is 10.1. The Morgan fingerprint density at radius 3 is 2.48 bits per heavy atom. The van der Waals surface area contributed by atoms with Gasteiger partial charge in [-0.1, -0.05) is 43.5 Å². The van der Waals surface area contributed by atoms with Crippen molar-refractivity contribution < 1.29 is 13.2 Å². The molecule has 0 heterocycles. The van der Waals surface area contributed by atoms with Gasteiger partial charge < -0.3 is 10.6 Å². The van der Waals surface area contributed by atoms with Crippen LogP contribution in [0.2, 0.25) is 0 Å². The summed E-state index contributed by atoms with van der Waals surface area (Å²) in [6, 6.07) is 15.5. The molecule has 29 heavy (non-hydrogen) atoms. The third-order valence-electron chi connectivity index (χ3n) is 5.38. The van der Waals surface area contributed by atoms with Gasteiger partial charge in [-0.25, -0.2) is 8.42 Å². The van der Waals surface area contributed by atoms with Gasteiger partial charge in [-0.15, -0.1) is 0 Å². The minimum Gasteiger partial charge on any atom is -0.376 e. The van der Waals surface area contributed by atoms with Crippen LogP contribution in [0.15, 0.2) is 59.5 Å². The average molecular weight is 416 g/mol. The van der Waals surface area contributed by atoms with Crippen LogP contribution in [0, 0.1) is 5.92 Å². The first-order chi connectivity index (χ1) is 14.0. The van der Waals surface area contributed by atoms with Crippen LogP contribution in [0.5, 0.6) is 0 Å². The van der Waals surface area contributed by atoms with Gasteiger partial charge in [-0.3, -0.25) is 9.10 Å². The Balaban J connectivity index is 1.58. The number of hydrogen-bond acceptors (Lipinski definition) is 4. The van der Waals surface area contributed by atoms with Gasteiger partial charge >= 0.3 is 0 Å². The number of benzene rings is 2. The molecule has 1 aliphatic rings. The fraction of sp³-hybridized carbons (Fsp3) is 0.409. The topological polar surface area (TPSA) is 78.5 Å². The summed E-state index contributed by atoms with van der Waals surface area (Å²) in [7, 11) is -2.15. The van der Waals surface area contributed by atoms with Gasteiger partial charge in [0.15, 0.2) is 0 Å². The van der Waals surface area contributed by atoms with Gasteiger partial charge in [0.1, 0.15) is 0 Å². The first kappa shape index (κ1) is 21.2. The Kier molecular flexibility index (Phi) is 7.14. The molecule has 0 unspecified atom stereocenters. The van der Waals surface area contributed by atoms with Crippen molar-refractivity contribution in [3.05, 3.63) is 54.6 Å². The zero-order valence-corrected chi connectivity index (χ0v) is 17.6. The fourth-order valence-corrected chi connectivity index (χ4v) is 4.84. The molecule has 0 aliphatic heterocycles. The third-order valence-corrected chi connectivity index (χ3v) is 7.16. The second kappa shape index (κ2) is 9.78. The van der Waals surface area contributed by atoms with Crippen LogP contribution in [0.1, 0.15) is 32.1 Å². The van der Waals surface area contributed by atoms with Crippen molar-refractivity contribution in [2.24, 2.45) is 5.92 Å². The van der Waals surface area contributed by atoms with E-state index in [2.05, 4.69) is 10.6 Å². The molecule has 2 N–H and O–H groups in total. The van der Waals surface area contributed by atoms with Gasteiger partial charge in [0, 0.05) is 19.3 Å². The number of rotatable bonds is 8. The summed E-state index contributed by atoms with van der Waals surface area (Å²) in [6.45, 7) is 0.835. The van der Waals surface area contributed by atoms with E-state index in [0.717, 1.165) is 6.54 Å². The molecule has 1 saturated carbocycles. The predicted molar refractivity (Wildman–Crippen MR) is 117 cm³/mol. The lowest BCUT2D eigenvalue weighted by atomic mass is 9.89. The summed E-state index contributed by atoms with van der Waals surface area (Å²) in [4.78, 5) is 12.3. The van der Waals surface area contributed by atoms with Crippen molar-refractivity contribution >= 4 is 27.3 Å². The molecular weight excluding hydrogens is 386 g/mol. The highest BCUT2D eigenvalue weighted by molar-refractivity contribution is 7.92. The Labute approximate surface area is 173 Å². The van der Waals surface area contributed by atoms with Gasteiger partial charge in [0.05, 0.1) is 17.1 Å². The van der Waals surface area contributed by atoms with E-state index in [4.69, 9.17) is 0 Å². The lowest BCUT2D eigenvalue weighted by Gasteiger charge is -2.22. The van der Waals surface area contributed by atoms with Crippen LogP contribution in [-0.2, 0) is 14.8 Å². The van der Waals surface area contributed by atoms with Crippen LogP contribution in [0.3, 0.4) is 0 Å². The number of nitrogens with zero attached hydrogens (tertiary/aromatic N) is 1. The molecule has 2 aromatic carbocycles. The molecule has 1 amide bonds. The maximum Gasteiger partial charge on any atom is 0.264 e. The van der Waals surface area contributed by atoms with Crippen molar-refractivity contribution in [3.63, 3.8) is 0 Å². The molecule has 2 aromatic rings. The standard InChI is InChI=1S/C22H29N3O3S/c1-25(20-12-6-3-7-13-20)29(27,28)21-14-8-11-19(15-21)23-17-22(26)24-16-18-9-4-2-5-10-18/h3,6-8,11-15,18,23H,2,4-5,9-10,16-17H2,1H3,(H,24,26). The summed E-state index contributed by atoms with van der Waals surface area (Å²) < 4.78 is 27.1. The molecule has 0 bridgehead atoms. The molecule has 0 aromatic heterocycles. The summed E-state index contributed by atoms with van der Waals surface area (Å²) in [5.41, 5.74) is 1.19. The average Bonchev–Trinajstić information content (AvgIpc) is 2.77. The molecule has 6 nitrogen and oxygen atoms in total. The lowest BCUT2D eigenvalue weighted by molar-refractivity contribution is -0.119. The van der Waals surface area contributed by atoms with E-state index >= 15 is 0 Å². The maximum absolute atomic E-state index is 12.9. The lowest BCUT2D eigenvalue weighted by Crippen LogP contribution is -2.34. The molecule has 0 radical (unpaired) electrons. The Morgan fingerprint density at radius 2 is 1.76 bits per heavy atom.